The van der Waals surface area contributed by atoms with Crippen LogP contribution in [0.25, 0.3) is 5.69 Å². The minimum atomic E-state index is -0.103. The molecule has 1 amide bonds. The summed E-state index contributed by atoms with van der Waals surface area (Å²) in [5.74, 6) is 0.586. The van der Waals surface area contributed by atoms with Gasteiger partial charge in [-0.2, -0.15) is 5.10 Å². The van der Waals surface area contributed by atoms with Crippen LogP contribution in [0.3, 0.4) is 0 Å². The molecule has 2 heterocycles. The molecular formula is C17H21N7O. The van der Waals surface area contributed by atoms with E-state index in [-0.39, 0.29) is 18.5 Å². The maximum absolute atomic E-state index is 12.1. The highest BCUT2D eigenvalue weighted by Gasteiger charge is 2.10. The molecule has 0 aliphatic heterocycles. The molecule has 0 bridgehead atoms. The quantitative estimate of drug-likeness (QED) is 0.712. The van der Waals surface area contributed by atoms with Crippen molar-refractivity contribution in [2.24, 2.45) is 7.05 Å². The van der Waals surface area contributed by atoms with E-state index in [1.165, 1.54) is 0 Å². The van der Waals surface area contributed by atoms with Gasteiger partial charge in [0.15, 0.2) is 0 Å². The Morgan fingerprint density at radius 3 is 2.64 bits per heavy atom. The fourth-order valence-electron chi connectivity index (χ4n) is 2.54. The van der Waals surface area contributed by atoms with E-state index in [4.69, 9.17) is 0 Å². The average molecular weight is 339 g/mol. The van der Waals surface area contributed by atoms with Gasteiger partial charge in [-0.25, -0.2) is 4.68 Å². The van der Waals surface area contributed by atoms with E-state index in [0.29, 0.717) is 5.82 Å². The van der Waals surface area contributed by atoms with Crippen molar-refractivity contribution < 1.29 is 4.79 Å². The first-order valence-corrected chi connectivity index (χ1v) is 8.03. The van der Waals surface area contributed by atoms with Gasteiger partial charge in [0.25, 0.3) is 0 Å². The van der Waals surface area contributed by atoms with Crippen LogP contribution < -0.4 is 10.6 Å². The first-order chi connectivity index (χ1) is 12.0. The SMILES string of the molecule is Cc1cc(NC(=O)CNC(C)c2ccc(-n3ccnn3)cc2)n(C)n1. The van der Waals surface area contributed by atoms with Gasteiger partial charge in [-0.1, -0.05) is 17.3 Å². The molecule has 0 radical (unpaired) electrons. The Bertz CT molecular complexity index is 837. The van der Waals surface area contributed by atoms with Crippen LogP contribution in [-0.2, 0) is 11.8 Å². The predicted molar refractivity (Wildman–Crippen MR) is 94.4 cm³/mol. The molecule has 0 aliphatic rings. The number of nitrogens with one attached hydrogen (secondary N) is 2. The monoisotopic (exact) mass is 339 g/mol. The van der Waals surface area contributed by atoms with Crippen LogP contribution in [0.1, 0.15) is 24.2 Å². The fourth-order valence-corrected chi connectivity index (χ4v) is 2.54. The summed E-state index contributed by atoms with van der Waals surface area (Å²) in [6.07, 6.45) is 3.43. The topological polar surface area (TPSA) is 89.7 Å². The first-order valence-electron chi connectivity index (χ1n) is 8.03. The number of benzene rings is 1. The summed E-state index contributed by atoms with van der Waals surface area (Å²) in [6, 6.07) is 9.85. The molecule has 1 aromatic carbocycles. The standard InChI is InChI=1S/C17H21N7O/c1-12-10-16(23(3)21-12)20-17(25)11-18-13(2)14-4-6-15(7-5-14)24-9-8-19-22-24/h4-10,13,18H,11H2,1-3H3,(H,20,25). The van der Waals surface area contributed by atoms with Crippen LogP contribution in [-0.4, -0.2) is 37.2 Å². The van der Waals surface area contributed by atoms with Crippen LogP contribution in [0, 0.1) is 6.92 Å². The fraction of sp³-hybridized carbons (Fsp3) is 0.294. The van der Waals surface area contributed by atoms with Gasteiger partial charge in [-0.3, -0.25) is 9.48 Å². The highest BCUT2D eigenvalue weighted by Crippen LogP contribution is 2.15. The average Bonchev–Trinajstić information content (AvgIpc) is 3.23. The molecule has 0 saturated carbocycles. The zero-order valence-electron chi connectivity index (χ0n) is 14.5. The Labute approximate surface area is 145 Å². The zero-order chi connectivity index (χ0) is 17.8. The van der Waals surface area contributed by atoms with E-state index in [1.807, 2.05) is 44.2 Å². The van der Waals surface area contributed by atoms with Crippen molar-refractivity contribution in [1.82, 2.24) is 30.1 Å². The van der Waals surface area contributed by atoms with Crippen LogP contribution in [0.4, 0.5) is 5.82 Å². The number of aromatic nitrogens is 5. The number of amides is 1. The minimum absolute atomic E-state index is 0.0452. The Balaban J connectivity index is 1.54. The van der Waals surface area contributed by atoms with Gasteiger partial charge < -0.3 is 10.6 Å². The molecular weight excluding hydrogens is 318 g/mol. The summed E-state index contributed by atoms with van der Waals surface area (Å²) < 4.78 is 3.35. The number of carbonyl (C=O) groups excluding carboxylic acids is 1. The van der Waals surface area contributed by atoms with Gasteiger partial charge in [-0.15, -0.1) is 5.10 Å². The molecule has 2 N–H and O–H groups in total. The summed E-state index contributed by atoms with van der Waals surface area (Å²) >= 11 is 0. The Morgan fingerprint density at radius 2 is 2.04 bits per heavy atom. The van der Waals surface area contributed by atoms with Crippen molar-refractivity contribution in [3.05, 3.63) is 54.0 Å². The first kappa shape index (κ1) is 16.8. The maximum Gasteiger partial charge on any atom is 0.239 e. The third-order valence-corrected chi connectivity index (χ3v) is 3.92. The van der Waals surface area contributed by atoms with Crippen molar-refractivity contribution in [3.63, 3.8) is 0 Å². The molecule has 3 rings (SSSR count). The maximum atomic E-state index is 12.1. The van der Waals surface area contributed by atoms with Crippen molar-refractivity contribution in [2.75, 3.05) is 11.9 Å². The van der Waals surface area contributed by atoms with Crippen molar-refractivity contribution in [2.45, 2.75) is 19.9 Å². The van der Waals surface area contributed by atoms with Gasteiger partial charge in [0.1, 0.15) is 5.82 Å². The highest BCUT2D eigenvalue weighted by molar-refractivity contribution is 5.91. The van der Waals surface area contributed by atoms with Crippen LogP contribution in [0.15, 0.2) is 42.7 Å². The molecule has 8 nitrogen and oxygen atoms in total. The second-order valence-corrected chi connectivity index (χ2v) is 5.88. The number of rotatable bonds is 6. The molecule has 2 aromatic heterocycles. The lowest BCUT2D eigenvalue weighted by molar-refractivity contribution is -0.115. The summed E-state index contributed by atoms with van der Waals surface area (Å²) in [5.41, 5.74) is 2.90. The van der Waals surface area contributed by atoms with Crippen LogP contribution >= 0.6 is 0 Å². The number of nitrogens with zero attached hydrogens (tertiary/aromatic N) is 5. The highest BCUT2D eigenvalue weighted by atomic mass is 16.2. The molecule has 1 unspecified atom stereocenters. The van der Waals surface area contributed by atoms with Gasteiger partial charge in [-0.05, 0) is 31.5 Å². The van der Waals surface area contributed by atoms with E-state index >= 15 is 0 Å². The van der Waals surface area contributed by atoms with Crippen molar-refractivity contribution >= 4 is 11.7 Å². The second kappa shape index (κ2) is 7.27. The van der Waals surface area contributed by atoms with Gasteiger partial charge in [0, 0.05) is 19.2 Å². The Morgan fingerprint density at radius 1 is 1.28 bits per heavy atom. The smallest absolute Gasteiger partial charge is 0.239 e. The van der Waals surface area contributed by atoms with E-state index < -0.39 is 0 Å². The zero-order valence-corrected chi connectivity index (χ0v) is 14.5. The van der Waals surface area contributed by atoms with Crippen molar-refractivity contribution in [3.8, 4) is 5.69 Å². The van der Waals surface area contributed by atoms with E-state index in [1.54, 1.807) is 28.8 Å². The van der Waals surface area contributed by atoms with Gasteiger partial charge in [0.05, 0.1) is 30.3 Å². The number of hydrogen-bond acceptors (Lipinski definition) is 5. The van der Waals surface area contributed by atoms with E-state index in [9.17, 15) is 4.79 Å². The molecule has 130 valence electrons. The molecule has 0 spiro atoms. The van der Waals surface area contributed by atoms with E-state index in [2.05, 4.69) is 26.0 Å². The van der Waals surface area contributed by atoms with Crippen LogP contribution in [0.2, 0.25) is 0 Å². The lowest BCUT2D eigenvalue weighted by atomic mass is 10.1. The lowest BCUT2D eigenvalue weighted by Gasteiger charge is -2.14. The van der Waals surface area contributed by atoms with Crippen LogP contribution in [0.5, 0.6) is 0 Å². The summed E-state index contributed by atoms with van der Waals surface area (Å²) in [7, 11) is 1.80. The predicted octanol–water partition coefficient (Wildman–Crippen LogP) is 1.60. The molecule has 1 atom stereocenters. The number of aryl methyl sites for hydroxylation is 2. The van der Waals surface area contributed by atoms with Gasteiger partial charge in [0.2, 0.25) is 5.91 Å². The second-order valence-electron chi connectivity index (χ2n) is 5.88. The molecule has 25 heavy (non-hydrogen) atoms. The summed E-state index contributed by atoms with van der Waals surface area (Å²) in [4.78, 5) is 12.1. The molecule has 0 fully saturated rings. The van der Waals surface area contributed by atoms with E-state index in [0.717, 1.165) is 16.9 Å². The minimum Gasteiger partial charge on any atom is -0.310 e. The number of hydrogen-bond donors (Lipinski definition) is 2. The normalized spacial score (nSPS) is 12.1. The number of anilines is 1. The molecule has 0 saturated heterocycles. The summed E-state index contributed by atoms with van der Waals surface area (Å²) in [6.45, 7) is 4.13. The largest absolute Gasteiger partial charge is 0.310 e. The molecule has 8 heteroatoms. The molecule has 3 aromatic rings. The number of carbonyl (C=O) groups is 1. The Kier molecular flexibility index (Phi) is 4.90. The third kappa shape index (κ3) is 4.10. The van der Waals surface area contributed by atoms with Gasteiger partial charge >= 0.3 is 0 Å². The van der Waals surface area contributed by atoms with Crippen molar-refractivity contribution in [1.29, 1.82) is 0 Å². The molecule has 0 aliphatic carbocycles. The summed E-state index contributed by atoms with van der Waals surface area (Å²) in [5, 5.41) is 18.0. The lowest BCUT2D eigenvalue weighted by Crippen LogP contribution is -2.30. The third-order valence-electron chi connectivity index (χ3n) is 3.92. The Hall–Kier alpha value is -3.00.